The minimum Gasteiger partial charge on any atom is -0.480 e. The summed E-state index contributed by atoms with van der Waals surface area (Å²) in [6.07, 6.45) is 2.48. The van der Waals surface area contributed by atoms with Crippen LogP contribution in [0.1, 0.15) is 12.0 Å². The smallest absolute Gasteiger partial charge is 0.320 e. The van der Waals surface area contributed by atoms with Gasteiger partial charge in [0.2, 0.25) is 0 Å². The van der Waals surface area contributed by atoms with Crippen molar-refractivity contribution in [1.29, 1.82) is 0 Å². The number of carbonyl (C=O) groups is 1. The first kappa shape index (κ1) is 17.2. The molecule has 18 heavy (non-hydrogen) atoms. The third-order valence-electron chi connectivity index (χ3n) is 2.10. The summed E-state index contributed by atoms with van der Waals surface area (Å²) < 4.78 is 0. The van der Waals surface area contributed by atoms with Crippen molar-refractivity contribution in [2.75, 3.05) is 12.0 Å². The van der Waals surface area contributed by atoms with Crippen molar-refractivity contribution in [3.05, 3.63) is 34.9 Å². The quantitative estimate of drug-likeness (QED) is 0.771. The summed E-state index contributed by atoms with van der Waals surface area (Å²) in [4.78, 5) is 10.1. The summed E-state index contributed by atoms with van der Waals surface area (Å²) in [5.41, 5.74) is 11.7. The normalized spacial score (nSPS) is 11.3. The van der Waals surface area contributed by atoms with E-state index in [1.54, 1.807) is 11.8 Å². The Morgan fingerprint density at radius 1 is 1.44 bits per heavy atom. The molecule has 1 aromatic carbocycles. The van der Waals surface area contributed by atoms with Crippen LogP contribution in [-0.4, -0.2) is 29.1 Å². The van der Waals surface area contributed by atoms with Crippen molar-refractivity contribution >= 4 is 29.3 Å². The van der Waals surface area contributed by atoms with Crippen molar-refractivity contribution in [2.45, 2.75) is 19.0 Å². The van der Waals surface area contributed by atoms with E-state index in [1.165, 1.54) is 0 Å². The topological polar surface area (TPSA) is 89.3 Å². The number of hydrogen-bond acceptors (Lipinski definition) is 4. The average Bonchev–Trinajstić information content (AvgIpc) is 2.37. The Kier molecular flexibility index (Phi) is 9.77. The lowest BCUT2D eigenvalue weighted by molar-refractivity contribution is -0.138. The first-order valence-electron chi connectivity index (χ1n) is 5.43. The molecule has 102 valence electrons. The fourth-order valence-corrected chi connectivity index (χ4v) is 1.60. The molecule has 0 saturated heterocycles. The lowest BCUT2D eigenvalue weighted by Crippen LogP contribution is -2.30. The van der Waals surface area contributed by atoms with Gasteiger partial charge in [-0.2, -0.15) is 11.8 Å². The largest absolute Gasteiger partial charge is 0.480 e. The Bertz CT molecular complexity index is 346. The molecule has 0 aliphatic heterocycles. The van der Waals surface area contributed by atoms with Gasteiger partial charge in [-0.3, -0.25) is 4.79 Å². The number of halogens is 1. The number of carboxylic acids is 1. The monoisotopic (exact) mass is 290 g/mol. The van der Waals surface area contributed by atoms with E-state index in [9.17, 15) is 4.79 Å². The maximum absolute atomic E-state index is 10.1. The van der Waals surface area contributed by atoms with Crippen LogP contribution >= 0.6 is 23.4 Å². The van der Waals surface area contributed by atoms with Crippen LogP contribution in [0.5, 0.6) is 0 Å². The van der Waals surface area contributed by atoms with E-state index in [2.05, 4.69) is 0 Å². The maximum Gasteiger partial charge on any atom is 0.320 e. The Labute approximate surface area is 117 Å². The van der Waals surface area contributed by atoms with Gasteiger partial charge in [0.05, 0.1) is 0 Å². The molecule has 1 atom stereocenters. The molecule has 0 unspecified atom stereocenters. The van der Waals surface area contributed by atoms with Gasteiger partial charge in [-0.1, -0.05) is 23.7 Å². The first-order chi connectivity index (χ1) is 8.51. The van der Waals surface area contributed by atoms with E-state index in [0.29, 0.717) is 13.0 Å². The van der Waals surface area contributed by atoms with E-state index in [1.807, 2.05) is 30.5 Å². The molecule has 0 aliphatic rings. The van der Waals surface area contributed by atoms with Crippen LogP contribution < -0.4 is 11.5 Å². The summed E-state index contributed by atoms with van der Waals surface area (Å²) in [5.74, 6) is -0.1000. The van der Waals surface area contributed by atoms with Gasteiger partial charge in [-0.25, -0.2) is 0 Å². The highest BCUT2D eigenvalue weighted by molar-refractivity contribution is 7.98. The lowest BCUT2D eigenvalue weighted by atomic mass is 10.2. The predicted octanol–water partition coefficient (Wildman–Crippen LogP) is 1.95. The lowest BCUT2D eigenvalue weighted by Gasteiger charge is -2.02. The average molecular weight is 291 g/mol. The second-order valence-electron chi connectivity index (χ2n) is 3.56. The van der Waals surface area contributed by atoms with Gasteiger partial charge in [0.25, 0.3) is 0 Å². The molecule has 1 aromatic rings. The van der Waals surface area contributed by atoms with Gasteiger partial charge in [0, 0.05) is 11.6 Å². The van der Waals surface area contributed by atoms with Gasteiger partial charge in [-0.15, -0.1) is 0 Å². The Morgan fingerprint density at radius 3 is 2.39 bits per heavy atom. The summed E-state index contributed by atoms with van der Waals surface area (Å²) >= 11 is 7.23. The number of hydrogen-bond donors (Lipinski definition) is 3. The van der Waals surface area contributed by atoms with E-state index >= 15 is 0 Å². The Hall–Kier alpha value is -0.750. The van der Waals surface area contributed by atoms with Crippen molar-refractivity contribution in [3.63, 3.8) is 0 Å². The Morgan fingerprint density at radius 2 is 2.00 bits per heavy atom. The molecule has 1 rings (SSSR count). The molecular formula is C12H19ClN2O2S. The highest BCUT2D eigenvalue weighted by Crippen LogP contribution is 2.08. The summed E-state index contributed by atoms with van der Waals surface area (Å²) in [6.45, 7) is 0.581. The number of nitrogens with two attached hydrogens (primary N) is 2. The third-order valence-corrected chi connectivity index (χ3v) is 3.00. The van der Waals surface area contributed by atoms with E-state index in [-0.39, 0.29) is 0 Å². The molecule has 0 aromatic heterocycles. The van der Waals surface area contributed by atoms with Gasteiger partial charge >= 0.3 is 5.97 Å². The van der Waals surface area contributed by atoms with Crippen molar-refractivity contribution < 1.29 is 9.90 Å². The standard InChI is InChI=1S/C7H8ClN.C5H11NO2S/c8-7-3-1-6(5-9)2-4-7;1-9-3-2-4(6)5(7)8/h1-4H,5,9H2;4H,2-3,6H2,1H3,(H,7,8)/t;4-/m.0/s1. The summed E-state index contributed by atoms with van der Waals surface area (Å²) in [7, 11) is 0. The fraction of sp³-hybridized carbons (Fsp3) is 0.417. The third kappa shape index (κ3) is 8.36. The fourth-order valence-electron chi connectivity index (χ4n) is 0.989. The number of aliphatic carboxylic acids is 1. The SMILES string of the molecule is CSCC[C@H](N)C(=O)O.NCc1ccc(Cl)cc1. The highest BCUT2D eigenvalue weighted by atomic mass is 35.5. The van der Waals surface area contributed by atoms with Crippen LogP contribution in [0.2, 0.25) is 5.02 Å². The molecule has 4 nitrogen and oxygen atoms in total. The van der Waals surface area contributed by atoms with E-state index in [4.69, 9.17) is 28.2 Å². The van der Waals surface area contributed by atoms with Crippen molar-refractivity contribution in [3.8, 4) is 0 Å². The van der Waals surface area contributed by atoms with Crippen LogP contribution in [-0.2, 0) is 11.3 Å². The number of thioether (sulfide) groups is 1. The minimum atomic E-state index is -0.913. The molecule has 0 heterocycles. The highest BCUT2D eigenvalue weighted by Gasteiger charge is 2.08. The molecule has 6 heteroatoms. The van der Waals surface area contributed by atoms with Gasteiger partial charge in [0.15, 0.2) is 0 Å². The zero-order chi connectivity index (χ0) is 14.0. The second kappa shape index (κ2) is 10.2. The molecule has 0 amide bonds. The summed E-state index contributed by atoms with van der Waals surface area (Å²) in [6, 6.07) is 6.83. The predicted molar refractivity (Wildman–Crippen MR) is 78.0 cm³/mol. The van der Waals surface area contributed by atoms with Gasteiger partial charge in [-0.05, 0) is 36.1 Å². The Balaban J connectivity index is 0.000000321. The molecular weight excluding hydrogens is 272 g/mol. The second-order valence-corrected chi connectivity index (χ2v) is 4.98. The van der Waals surface area contributed by atoms with E-state index in [0.717, 1.165) is 16.3 Å². The summed E-state index contributed by atoms with van der Waals surface area (Å²) in [5, 5.41) is 9.03. The number of rotatable bonds is 5. The zero-order valence-corrected chi connectivity index (χ0v) is 11.9. The molecule has 0 fully saturated rings. The maximum atomic E-state index is 10.1. The van der Waals surface area contributed by atoms with Crippen LogP contribution in [0.4, 0.5) is 0 Å². The molecule has 5 N–H and O–H groups in total. The zero-order valence-electron chi connectivity index (χ0n) is 10.3. The molecule has 0 aliphatic carbocycles. The molecule has 0 radical (unpaired) electrons. The van der Waals surface area contributed by atoms with Crippen molar-refractivity contribution in [1.82, 2.24) is 0 Å². The van der Waals surface area contributed by atoms with Gasteiger partial charge < -0.3 is 16.6 Å². The first-order valence-corrected chi connectivity index (χ1v) is 7.20. The van der Waals surface area contributed by atoms with Crippen LogP contribution in [0.3, 0.4) is 0 Å². The van der Waals surface area contributed by atoms with Crippen LogP contribution in [0.25, 0.3) is 0 Å². The minimum absolute atomic E-state index is 0.552. The van der Waals surface area contributed by atoms with Gasteiger partial charge in [0.1, 0.15) is 6.04 Å². The van der Waals surface area contributed by atoms with Crippen LogP contribution in [0.15, 0.2) is 24.3 Å². The molecule has 0 saturated carbocycles. The van der Waals surface area contributed by atoms with Crippen molar-refractivity contribution in [2.24, 2.45) is 11.5 Å². The molecule has 0 spiro atoms. The molecule has 0 bridgehead atoms. The van der Waals surface area contributed by atoms with Crippen LogP contribution in [0, 0.1) is 0 Å². The van der Waals surface area contributed by atoms with E-state index < -0.39 is 12.0 Å². The number of carboxylic acid groups (broad SMARTS) is 1. The number of benzene rings is 1.